The molecule has 2 amide bonds. The topological polar surface area (TPSA) is 83.7 Å². The number of aromatic nitrogens is 4. The Bertz CT molecular complexity index is 761. The van der Waals surface area contributed by atoms with Gasteiger partial charge in [0.05, 0.1) is 0 Å². The fourth-order valence-corrected chi connectivity index (χ4v) is 3.05. The van der Waals surface area contributed by atoms with Crippen molar-refractivity contribution in [1.82, 2.24) is 29.6 Å². The second-order valence-corrected chi connectivity index (χ2v) is 5.88. The van der Waals surface area contributed by atoms with Crippen molar-refractivity contribution in [3.63, 3.8) is 0 Å². The zero-order valence-corrected chi connectivity index (χ0v) is 12.7. The Morgan fingerprint density at radius 1 is 1.09 bits per heavy atom. The molecular formula is C11H11F3N6O2S. The molecule has 12 heteroatoms. The van der Waals surface area contributed by atoms with Crippen LogP contribution in [0.15, 0.2) is 0 Å². The Morgan fingerprint density at radius 2 is 1.70 bits per heavy atom. The van der Waals surface area contributed by atoms with Crippen molar-refractivity contribution >= 4 is 28.1 Å². The van der Waals surface area contributed by atoms with E-state index >= 15 is 0 Å². The number of carbonyl (C=O) groups excluding carboxylic acids is 2. The minimum absolute atomic E-state index is 0.0780. The molecule has 1 saturated heterocycles. The first-order valence-corrected chi connectivity index (χ1v) is 7.43. The van der Waals surface area contributed by atoms with Gasteiger partial charge < -0.3 is 9.80 Å². The third kappa shape index (κ3) is 2.85. The van der Waals surface area contributed by atoms with Gasteiger partial charge >= 0.3 is 6.18 Å². The highest BCUT2D eigenvalue weighted by atomic mass is 32.1. The van der Waals surface area contributed by atoms with Crippen LogP contribution in [0.25, 0.3) is 4.96 Å². The summed E-state index contributed by atoms with van der Waals surface area (Å²) in [5.74, 6) is -1.81. The van der Waals surface area contributed by atoms with Crippen LogP contribution >= 0.6 is 11.3 Å². The van der Waals surface area contributed by atoms with Crippen molar-refractivity contribution in [3.8, 4) is 0 Å². The van der Waals surface area contributed by atoms with Crippen molar-refractivity contribution in [1.29, 1.82) is 0 Å². The summed E-state index contributed by atoms with van der Waals surface area (Å²) < 4.78 is 38.8. The summed E-state index contributed by atoms with van der Waals surface area (Å²) in [5, 5.41) is 10.0. The number of piperazine rings is 1. The Balaban J connectivity index is 1.80. The smallest absolute Gasteiger partial charge is 0.339 e. The van der Waals surface area contributed by atoms with Crippen LogP contribution in [0.1, 0.15) is 22.6 Å². The zero-order chi connectivity index (χ0) is 16.8. The second kappa shape index (κ2) is 5.44. The number of hydrogen-bond acceptors (Lipinski definition) is 6. The van der Waals surface area contributed by atoms with E-state index in [4.69, 9.17) is 0 Å². The van der Waals surface area contributed by atoms with E-state index in [2.05, 4.69) is 15.3 Å². The van der Waals surface area contributed by atoms with Crippen molar-refractivity contribution in [2.24, 2.45) is 0 Å². The highest BCUT2D eigenvalue weighted by Gasteiger charge is 2.39. The molecule has 0 N–H and O–H groups in total. The van der Waals surface area contributed by atoms with Crippen LogP contribution in [0.2, 0.25) is 0 Å². The molecule has 1 aliphatic rings. The molecule has 0 bridgehead atoms. The van der Waals surface area contributed by atoms with Crippen molar-refractivity contribution in [2.75, 3.05) is 26.2 Å². The molecule has 1 aliphatic heterocycles. The summed E-state index contributed by atoms with van der Waals surface area (Å²) in [6.07, 6.45) is -4.69. The Labute approximate surface area is 131 Å². The highest BCUT2D eigenvalue weighted by Crippen LogP contribution is 2.29. The van der Waals surface area contributed by atoms with Crippen LogP contribution in [0.4, 0.5) is 13.2 Å². The maximum Gasteiger partial charge on any atom is 0.453 e. The lowest BCUT2D eigenvalue weighted by Gasteiger charge is -2.33. The van der Waals surface area contributed by atoms with Crippen LogP contribution in [0.5, 0.6) is 0 Å². The minimum atomic E-state index is -4.69. The maximum absolute atomic E-state index is 12.7. The monoisotopic (exact) mass is 348 g/mol. The molecule has 3 heterocycles. The normalized spacial score (nSPS) is 16.2. The van der Waals surface area contributed by atoms with Crippen LogP contribution in [0, 0.1) is 0 Å². The molecule has 2 aromatic rings. The van der Waals surface area contributed by atoms with E-state index in [0.717, 1.165) is 11.3 Å². The fraction of sp³-hybridized carbons (Fsp3) is 0.545. The number of alkyl halides is 3. The number of amides is 2. The lowest BCUT2D eigenvalue weighted by molar-refractivity contribution is -0.146. The first-order valence-electron chi connectivity index (χ1n) is 6.61. The summed E-state index contributed by atoms with van der Waals surface area (Å²) in [4.78, 5) is 26.5. The molecule has 3 rings (SSSR count). The highest BCUT2D eigenvalue weighted by molar-refractivity contribution is 7.18. The van der Waals surface area contributed by atoms with Crippen LogP contribution in [-0.4, -0.2) is 67.6 Å². The number of rotatable bonds is 1. The quantitative estimate of drug-likeness (QED) is 0.750. The maximum atomic E-state index is 12.7. The van der Waals surface area contributed by atoms with Gasteiger partial charge in [-0.3, -0.25) is 9.59 Å². The van der Waals surface area contributed by atoms with E-state index in [1.807, 2.05) is 0 Å². The van der Waals surface area contributed by atoms with E-state index in [9.17, 15) is 22.8 Å². The molecule has 0 unspecified atom stereocenters. The average molecular weight is 348 g/mol. The molecule has 0 radical (unpaired) electrons. The van der Waals surface area contributed by atoms with Crippen molar-refractivity contribution in [3.05, 3.63) is 10.8 Å². The van der Waals surface area contributed by atoms with E-state index in [0.29, 0.717) is 30.7 Å². The van der Waals surface area contributed by atoms with E-state index < -0.39 is 17.9 Å². The summed E-state index contributed by atoms with van der Waals surface area (Å²) in [5.41, 5.74) is 0. The summed E-state index contributed by atoms with van der Waals surface area (Å²) in [7, 11) is 0. The summed E-state index contributed by atoms with van der Waals surface area (Å²) in [6.45, 7) is 2.84. The van der Waals surface area contributed by atoms with Gasteiger partial charge in [0, 0.05) is 33.1 Å². The fourth-order valence-electron chi connectivity index (χ4n) is 2.24. The number of fused-ring (bicyclic) bond motifs is 1. The van der Waals surface area contributed by atoms with Crippen LogP contribution in [-0.2, 0) is 11.0 Å². The Morgan fingerprint density at radius 3 is 2.26 bits per heavy atom. The Hall–Kier alpha value is -2.24. The third-order valence-electron chi connectivity index (χ3n) is 3.44. The molecule has 1 fully saturated rings. The molecule has 0 aliphatic carbocycles. The molecule has 0 saturated carbocycles. The van der Waals surface area contributed by atoms with Gasteiger partial charge in [-0.1, -0.05) is 11.3 Å². The summed E-state index contributed by atoms with van der Waals surface area (Å²) in [6, 6.07) is 0. The molecule has 2 aromatic heterocycles. The molecule has 0 atom stereocenters. The van der Waals surface area contributed by atoms with Crippen LogP contribution in [0.3, 0.4) is 0 Å². The molecule has 0 spiro atoms. The van der Waals surface area contributed by atoms with Gasteiger partial charge in [0.25, 0.3) is 11.7 Å². The predicted molar refractivity (Wildman–Crippen MR) is 71.8 cm³/mol. The Kier molecular flexibility index (Phi) is 3.70. The van der Waals surface area contributed by atoms with Gasteiger partial charge in [-0.2, -0.15) is 17.7 Å². The molecule has 8 nitrogen and oxygen atoms in total. The molecule has 23 heavy (non-hydrogen) atoms. The number of hydrogen-bond donors (Lipinski definition) is 0. The minimum Gasteiger partial charge on any atom is -0.339 e. The van der Waals surface area contributed by atoms with Gasteiger partial charge in [-0.15, -0.1) is 15.3 Å². The van der Waals surface area contributed by atoms with Crippen LogP contribution < -0.4 is 0 Å². The summed E-state index contributed by atoms with van der Waals surface area (Å²) >= 11 is 0.750. The van der Waals surface area contributed by atoms with Gasteiger partial charge in [-0.05, 0) is 0 Å². The van der Waals surface area contributed by atoms with Gasteiger partial charge in [0.2, 0.25) is 15.9 Å². The van der Waals surface area contributed by atoms with Crippen molar-refractivity contribution < 1.29 is 22.8 Å². The first kappa shape index (κ1) is 15.6. The number of carbonyl (C=O) groups is 2. The standard InChI is InChI=1S/C11H11F3N6O2S/c1-6(21)18-2-4-19(5-3-18)8(22)7-17-20-9(11(12,13)14)15-16-10(20)23-7/h2-5H2,1H3. The lowest BCUT2D eigenvalue weighted by Crippen LogP contribution is -2.50. The van der Waals surface area contributed by atoms with E-state index in [1.54, 1.807) is 4.90 Å². The van der Waals surface area contributed by atoms with Gasteiger partial charge in [0.1, 0.15) is 0 Å². The van der Waals surface area contributed by atoms with Gasteiger partial charge in [0.15, 0.2) is 0 Å². The van der Waals surface area contributed by atoms with E-state index in [-0.39, 0.29) is 15.9 Å². The molecule has 124 valence electrons. The van der Waals surface area contributed by atoms with Crippen molar-refractivity contribution in [2.45, 2.75) is 13.1 Å². The number of halogens is 3. The molecular weight excluding hydrogens is 337 g/mol. The number of nitrogens with zero attached hydrogens (tertiary/aromatic N) is 6. The first-order chi connectivity index (χ1) is 10.8. The zero-order valence-electron chi connectivity index (χ0n) is 11.9. The second-order valence-electron chi connectivity index (χ2n) is 4.92. The third-order valence-corrected chi connectivity index (χ3v) is 4.33. The predicted octanol–water partition coefficient (Wildman–Crippen LogP) is 0.509. The molecule has 0 aromatic carbocycles. The SMILES string of the molecule is CC(=O)N1CCN(C(=O)c2nn3c(C(F)(F)F)nnc3s2)CC1. The largest absolute Gasteiger partial charge is 0.453 e. The van der Waals surface area contributed by atoms with Gasteiger partial charge in [-0.25, -0.2) is 0 Å². The van der Waals surface area contributed by atoms with E-state index in [1.165, 1.54) is 11.8 Å². The lowest BCUT2D eigenvalue weighted by atomic mass is 10.3. The average Bonchev–Trinajstić information content (AvgIpc) is 3.05.